The third-order valence-electron chi connectivity index (χ3n) is 0.250. The average molecular weight is 138 g/mol. The lowest BCUT2D eigenvalue weighted by molar-refractivity contribution is 1.35. The Morgan fingerprint density at radius 1 is 1.25 bits per heavy atom. The van der Waals surface area contributed by atoms with E-state index in [-0.39, 0.29) is 24.3 Å². The van der Waals surface area contributed by atoms with Gasteiger partial charge in [0.2, 0.25) is 5.96 Å². The minimum absolute atomic E-state index is 0. The molecule has 0 radical (unpaired) electrons. The summed E-state index contributed by atoms with van der Waals surface area (Å²) in [4.78, 5) is 3.11. The van der Waals surface area contributed by atoms with Crippen LogP contribution in [-0.4, -0.2) is 11.9 Å². The lowest BCUT2D eigenvalue weighted by Crippen LogP contribution is -2.25. The van der Waals surface area contributed by atoms with Crippen LogP contribution in [0.5, 0.6) is 0 Å². The molecule has 0 aliphatic heterocycles. The van der Waals surface area contributed by atoms with Crippen LogP contribution in [0.1, 0.15) is 0 Å². The SMILES string of the molecule is Cl.N=C(N)N=C(N)N. The minimum atomic E-state index is -0.375. The second kappa shape index (κ2) is 4.20. The van der Waals surface area contributed by atoms with Gasteiger partial charge in [-0.1, -0.05) is 0 Å². The largest absolute Gasteiger partial charge is 0.370 e. The molecule has 0 aromatic carbocycles. The highest BCUT2D eigenvalue weighted by atomic mass is 35.5. The number of nitrogens with zero attached hydrogens (tertiary/aromatic N) is 1. The van der Waals surface area contributed by atoms with E-state index in [1.54, 1.807) is 0 Å². The maximum absolute atomic E-state index is 6.46. The molecular weight excluding hydrogens is 130 g/mol. The first-order valence-electron chi connectivity index (χ1n) is 1.56. The maximum Gasteiger partial charge on any atom is 0.215 e. The van der Waals surface area contributed by atoms with Crippen molar-refractivity contribution in [1.82, 2.24) is 0 Å². The third kappa shape index (κ3) is 8.90. The van der Waals surface area contributed by atoms with Crippen LogP contribution in [0.3, 0.4) is 0 Å². The first-order valence-corrected chi connectivity index (χ1v) is 1.56. The predicted molar refractivity (Wildman–Crippen MR) is 35.0 cm³/mol. The first kappa shape index (κ1) is 10.1. The molecule has 8 heavy (non-hydrogen) atoms. The highest BCUT2D eigenvalue weighted by Gasteiger charge is 1.78. The van der Waals surface area contributed by atoms with Gasteiger partial charge in [-0.25, -0.2) is 0 Å². The van der Waals surface area contributed by atoms with Gasteiger partial charge < -0.3 is 17.2 Å². The van der Waals surface area contributed by atoms with E-state index in [1.807, 2.05) is 0 Å². The molecule has 0 saturated heterocycles. The smallest absolute Gasteiger partial charge is 0.215 e. The van der Waals surface area contributed by atoms with Gasteiger partial charge in [-0.2, -0.15) is 4.99 Å². The van der Waals surface area contributed by atoms with Gasteiger partial charge in [0.1, 0.15) is 0 Å². The van der Waals surface area contributed by atoms with Crippen molar-refractivity contribution in [3.63, 3.8) is 0 Å². The van der Waals surface area contributed by atoms with Crippen molar-refractivity contribution in [2.75, 3.05) is 0 Å². The molecule has 0 bridgehead atoms. The molecule has 0 atom stereocenters. The fraction of sp³-hybridized carbons (Fsp3) is 0. The normalized spacial score (nSPS) is 6.50. The van der Waals surface area contributed by atoms with Crippen LogP contribution in [0.2, 0.25) is 0 Å². The number of guanidine groups is 2. The van der Waals surface area contributed by atoms with E-state index >= 15 is 0 Å². The van der Waals surface area contributed by atoms with E-state index in [9.17, 15) is 0 Å². The molecule has 0 aliphatic rings. The molecule has 0 aliphatic carbocycles. The molecule has 0 spiro atoms. The molecule has 0 heterocycles. The lowest BCUT2D eigenvalue weighted by Gasteiger charge is -1.84. The molecular formula is C2H8ClN5. The van der Waals surface area contributed by atoms with Crippen LogP contribution in [0.4, 0.5) is 0 Å². The van der Waals surface area contributed by atoms with Crippen LogP contribution in [0.15, 0.2) is 4.99 Å². The fourth-order valence-corrected chi connectivity index (χ4v) is 0.139. The Hall–Kier alpha value is -0.970. The summed E-state index contributed by atoms with van der Waals surface area (Å²) in [6.45, 7) is 0. The van der Waals surface area contributed by atoms with Gasteiger partial charge in [0.15, 0.2) is 5.96 Å². The summed E-state index contributed by atoms with van der Waals surface area (Å²) in [5.41, 5.74) is 14.3. The second-order valence-electron chi connectivity index (χ2n) is 0.922. The van der Waals surface area contributed by atoms with Crippen molar-refractivity contribution >= 4 is 24.3 Å². The maximum atomic E-state index is 6.46. The van der Waals surface area contributed by atoms with E-state index in [0.717, 1.165) is 0 Å². The number of rotatable bonds is 0. The van der Waals surface area contributed by atoms with Crippen molar-refractivity contribution in [3.05, 3.63) is 0 Å². The van der Waals surface area contributed by atoms with Gasteiger partial charge in [0.25, 0.3) is 0 Å². The Bertz CT molecular complexity index is 103. The summed E-state index contributed by atoms with van der Waals surface area (Å²) >= 11 is 0. The van der Waals surface area contributed by atoms with Gasteiger partial charge in [0.05, 0.1) is 0 Å². The van der Waals surface area contributed by atoms with Crippen molar-refractivity contribution in [2.24, 2.45) is 22.2 Å². The highest BCUT2D eigenvalue weighted by molar-refractivity contribution is 5.90. The summed E-state index contributed by atoms with van der Waals surface area (Å²) in [5, 5.41) is 6.46. The van der Waals surface area contributed by atoms with Gasteiger partial charge in [-0.15, -0.1) is 12.4 Å². The molecule has 6 heteroatoms. The third-order valence-corrected chi connectivity index (χ3v) is 0.250. The first-order chi connectivity index (χ1) is 3.13. The zero-order chi connectivity index (χ0) is 5.86. The number of halogens is 1. The van der Waals surface area contributed by atoms with E-state index < -0.39 is 0 Å². The summed E-state index contributed by atoms with van der Waals surface area (Å²) < 4.78 is 0. The van der Waals surface area contributed by atoms with Crippen molar-refractivity contribution in [2.45, 2.75) is 0 Å². The highest BCUT2D eigenvalue weighted by Crippen LogP contribution is 1.56. The molecule has 0 unspecified atom stereocenters. The van der Waals surface area contributed by atoms with E-state index in [4.69, 9.17) is 22.6 Å². The van der Waals surface area contributed by atoms with Crippen LogP contribution < -0.4 is 17.2 Å². The van der Waals surface area contributed by atoms with Crippen molar-refractivity contribution in [3.8, 4) is 0 Å². The summed E-state index contributed by atoms with van der Waals surface area (Å²) in [7, 11) is 0. The van der Waals surface area contributed by atoms with Crippen molar-refractivity contribution in [1.29, 1.82) is 5.41 Å². The molecule has 7 N–H and O–H groups in total. The molecule has 0 aromatic rings. The average Bonchev–Trinajstić information content (AvgIpc) is 1.27. The Labute approximate surface area is 52.9 Å². The number of nitrogens with two attached hydrogens (primary N) is 3. The number of aliphatic imine (C=N–C) groups is 1. The molecule has 0 rings (SSSR count). The molecule has 5 nitrogen and oxygen atoms in total. The molecule has 48 valence electrons. The Morgan fingerprint density at radius 2 is 1.62 bits per heavy atom. The Balaban J connectivity index is 0. The predicted octanol–water partition coefficient (Wildman–Crippen LogP) is -1.42. The van der Waals surface area contributed by atoms with Gasteiger partial charge in [-0.05, 0) is 0 Å². The number of nitrogens with one attached hydrogen (secondary N) is 1. The second-order valence-corrected chi connectivity index (χ2v) is 0.922. The van der Waals surface area contributed by atoms with E-state index in [1.165, 1.54) is 0 Å². The number of hydrogen-bond donors (Lipinski definition) is 4. The number of hydrogen-bond acceptors (Lipinski definition) is 1. The van der Waals surface area contributed by atoms with Crippen LogP contribution >= 0.6 is 12.4 Å². The Kier molecular flexibility index (Phi) is 5.30. The lowest BCUT2D eigenvalue weighted by atomic mass is 11.0. The van der Waals surface area contributed by atoms with E-state index in [0.29, 0.717) is 0 Å². The van der Waals surface area contributed by atoms with Crippen LogP contribution in [0, 0.1) is 5.41 Å². The molecule has 0 aromatic heterocycles. The zero-order valence-corrected chi connectivity index (χ0v) is 4.90. The quantitative estimate of drug-likeness (QED) is 0.243. The summed E-state index contributed by atoms with van der Waals surface area (Å²) in [6.07, 6.45) is 0. The van der Waals surface area contributed by atoms with Gasteiger partial charge >= 0.3 is 0 Å². The molecule has 0 saturated carbocycles. The fourth-order valence-electron chi connectivity index (χ4n) is 0.139. The van der Waals surface area contributed by atoms with Crippen molar-refractivity contribution < 1.29 is 0 Å². The summed E-state index contributed by atoms with van der Waals surface area (Å²) in [5.74, 6) is -0.562. The summed E-state index contributed by atoms with van der Waals surface area (Å²) in [6, 6.07) is 0. The molecule has 0 fully saturated rings. The van der Waals surface area contributed by atoms with Gasteiger partial charge in [0, 0.05) is 0 Å². The standard InChI is InChI=1S/C2H7N5.ClH/c3-1(4)7-2(5)6;/h(H7,3,4,5,6,7);1H. The zero-order valence-electron chi connectivity index (χ0n) is 4.09. The monoisotopic (exact) mass is 137 g/mol. The van der Waals surface area contributed by atoms with Crippen LogP contribution in [0.25, 0.3) is 0 Å². The van der Waals surface area contributed by atoms with Gasteiger partial charge in [-0.3, -0.25) is 5.41 Å². The Morgan fingerprint density at radius 3 is 1.62 bits per heavy atom. The van der Waals surface area contributed by atoms with E-state index in [2.05, 4.69) is 4.99 Å². The topological polar surface area (TPSA) is 114 Å². The molecule has 0 amide bonds. The van der Waals surface area contributed by atoms with Crippen LogP contribution in [-0.2, 0) is 0 Å². The minimum Gasteiger partial charge on any atom is -0.370 e.